The molecule has 0 aliphatic carbocycles. The highest BCUT2D eigenvalue weighted by atomic mass is 31.2. The molecule has 0 radical (unpaired) electrons. The molecule has 0 spiro atoms. The summed E-state index contributed by atoms with van der Waals surface area (Å²) in [5.74, 6) is 0.285. The quantitative estimate of drug-likeness (QED) is 0.0222. The third-order valence-corrected chi connectivity index (χ3v) is 20.9. The van der Waals surface area contributed by atoms with Crippen LogP contribution in [0.15, 0.2) is 0 Å². The first kappa shape index (κ1) is 97.1. The number of rotatable bonds is 78. The predicted octanol–water partition coefficient (Wildman–Crippen LogP) is 23.7. The molecule has 0 saturated carbocycles. The van der Waals surface area contributed by atoms with Crippen LogP contribution in [-0.2, 0) is 65.4 Å². The maximum Gasteiger partial charge on any atom is 0.472 e. The number of hydrogen-bond acceptors (Lipinski definition) is 15. The lowest BCUT2D eigenvalue weighted by atomic mass is 9.99. The van der Waals surface area contributed by atoms with Crippen LogP contribution >= 0.6 is 15.6 Å². The van der Waals surface area contributed by atoms with Crippen molar-refractivity contribution in [1.82, 2.24) is 0 Å². The van der Waals surface area contributed by atoms with Crippen molar-refractivity contribution in [2.24, 2.45) is 17.8 Å². The third kappa shape index (κ3) is 72.8. The molecule has 0 fully saturated rings. The van der Waals surface area contributed by atoms with Crippen LogP contribution in [0, 0.1) is 17.8 Å². The first-order valence-corrected chi connectivity index (χ1v) is 44.4. The number of phosphoric ester groups is 2. The highest BCUT2D eigenvalue weighted by Gasteiger charge is 2.30. The van der Waals surface area contributed by atoms with Gasteiger partial charge in [0, 0.05) is 25.7 Å². The van der Waals surface area contributed by atoms with Crippen LogP contribution in [0.2, 0.25) is 0 Å². The smallest absolute Gasteiger partial charge is 0.462 e. The summed E-state index contributed by atoms with van der Waals surface area (Å²) in [6.45, 7) is 11.9. The van der Waals surface area contributed by atoms with Gasteiger partial charge in [-0.3, -0.25) is 37.3 Å². The minimum Gasteiger partial charge on any atom is -0.462 e. The van der Waals surface area contributed by atoms with Crippen LogP contribution in [-0.4, -0.2) is 96.7 Å². The standard InChI is InChI=1S/C80H156O17P2/c1-8-10-11-44-54-61-77(82)90-67-75(96-80(85)64-57-50-43-37-36-39-46-52-59-72(5)6)69-94-98(86,87)92-65-74(81)66-93-99(88,89)95-70-76(68-91-78(83)62-55-48-41-34-30-26-22-18-14-12-16-20-24-28-32-38-45-51-58-71(3)4)97-79(84)63-56-49-42-35-31-27-23-19-15-13-17-21-25-29-33-40-47-53-60-73(7)9-2/h71-76,81H,8-70H2,1-7H3,(H,86,87)(H,88,89)/t73?,74-,75+,76+/m0/s1. The number of hydrogen-bond donors (Lipinski definition) is 3. The van der Waals surface area contributed by atoms with Crippen LogP contribution in [0.3, 0.4) is 0 Å². The molecule has 0 rings (SSSR count). The number of aliphatic hydroxyl groups is 1. The second kappa shape index (κ2) is 70.4. The van der Waals surface area contributed by atoms with E-state index in [0.717, 1.165) is 114 Å². The third-order valence-electron chi connectivity index (χ3n) is 19.0. The minimum atomic E-state index is -4.96. The summed E-state index contributed by atoms with van der Waals surface area (Å²) in [4.78, 5) is 72.6. The molecule has 0 amide bonds. The fourth-order valence-electron chi connectivity index (χ4n) is 12.3. The summed E-state index contributed by atoms with van der Waals surface area (Å²) in [5, 5.41) is 10.6. The fourth-order valence-corrected chi connectivity index (χ4v) is 13.9. The van der Waals surface area contributed by atoms with Crippen molar-refractivity contribution in [3.63, 3.8) is 0 Å². The topological polar surface area (TPSA) is 237 Å². The summed E-state index contributed by atoms with van der Waals surface area (Å²) < 4.78 is 68.4. The van der Waals surface area contributed by atoms with Crippen molar-refractivity contribution in [3.05, 3.63) is 0 Å². The SMILES string of the molecule is CCCCCCCC(=O)OC[C@H](COP(=O)(O)OC[C@H](O)COP(=O)(O)OC[C@@H](COC(=O)CCCCCCCCCCCCCCCCCCCCC(C)C)OC(=O)CCCCCCCCCCCCCCCCCCCCC(C)CC)OC(=O)CCCCCCCCCCC(C)C. The van der Waals surface area contributed by atoms with Crippen LogP contribution in [0.1, 0.15) is 414 Å². The second-order valence-corrected chi connectivity index (χ2v) is 32.9. The molecule has 0 aliphatic heterocycles. The molecule has 19 heteroatoms. The number of esters is 4. The first-order chi connectivity index (χ1) is 47.8. The van der Waals surface area contributed by atoms with E-state index in [-0.39, 0.29) is 25.7 Å². The Morgan fingerprint density at radius 1 is 0.293 bits per heavy atom. The van der Waals surface area contributed by atoms with Crippen LogP contribution in [0.5, 0.6) is 0 Å². The van der Waals surface area contributed by atoms with Gasteiger partial charge in [-0.25, -0.2) is 9.13 Å². The Balaban J connectivity index is 5.10. The van der Waals surface area contributed by atoms with Crippen LogP contribution in [0.4, 0.5) is 0 Å². The lowest BCUT2D eigenvalue weighted by molar-refractivity contribution is -0.161. The maximum absolute atomic E-state index is 13.1. The predicted molar refractivity (Wildman–Crippen MR) is 405 cm³/mol. The van der Waals surface area contributed by atoms with Crippen molar-refractivity contribution in [2.45, 2.75) is 433 Å². The zero-order valence-electron chi connectivity index (χ0n) is 65.0. The van der Waals surface area contributed by atoms with Gasteiger partial charge in [0.05, 0.1) is 26.4 Å². The number of phosphoric acid groups is 2. The van der Waals surface area contributed by atoms with E-state index in [9.17, 15) is 43.2 Å². The molecule has 0 aromatic rings. The van der Waals surface area contributed by atoms with Crippen molar-refractivity contribution in [2.75, 3.05) is 39.6 Å². The molecule has 99 heavy (non-hydrogen) atoms. The van der Waals surface area contributed by atoms with E-state index < -0.39 is 97.5 Å². The Morgan fingerprint density at radius 2 is 0.515 bits per heavy atom. The molecule has 588 valence electrons. The lowest BCUT2D eigenvalue weighted by Gasteiger charge is -2.21. The van der Waals surface area contributed by atoms with E-state index in [0.29, 0.717) is 25.7 Å². The second-order valence-electron chi connectivity index (χ2n) is 30.0. The van der Waals surface area contributed by atoms with Gasteiger partial charge in [-0.2, -0.15) is 0 Å². The van der Waals surface area contributed by atoms with E-state index in [2.05, 4.69) is 48.5 Å². The van der Waals surface area contributed by atoms with E-state index >= 15 is 0 Å². The van der Waals surface area contributed by atoms with Crippen molar-refractivity contribution >= 4 is 39.5 Å². The number of unbranched alkanes of at least 4 members (excludes halogenated alkanes) is 45. The molecule has 0 aromatic carbocycles. The van der Waals surface area contributed by atoms with Crippen molar-refractivity contribution in [1.29, 1.82) is 0 Å². The number of aliphatic hydroxyl groups excluding tert-OH is 1. The molecule has 0 aliphatic rings. The molecule has 6 atom stereocenters. The summed E-state index contributed by atoms with van der Waals surface area (Å²) in [5.41, 5.74) is 0. The normalized spacial score (nSPS) is 14.3. The zero-order valence-corrected chi connectivity index (χ0v) is 66.8. The van der Waals surface area contributed by atoms with Gasteiger partial charge in [-0.1, -0.05) is 363 Å². The zero-order chi connectivity index (χ0) is 73.0. The van der Waals surface area contributed by atoms with E-state index in [1.807, 2.05) is 0 Å². The summed E-state index contributed by atoms with van der Waals surface area (Å²) in [6, 6.07) is 0. The monoisotopic (exact) mass is 1450 g/mol. The minimum absolute atomic E-state index is 0.104. The molecule has 3 unspecified atom stereocenters. The number of carbonyl (C=O) groups is 4. The van der Waals surface area contributed by atoms with Gasteiger partial charge in [0.1, 0.15) is 19.3 Å². The van der Waals surface area contributed by atoms with Gasteiger partial charge >= 0.3 is 39.5 Å². The van der Waals surface area contributed by atoms with E-state index in [4.69, 9.17) is 37.0 Å². The molecule has 17 nitrogen and oxygen atoms in total. The van der Waals surface area contributed by atoms with Gasteiger partial charge in [0.25, 0.3) is 0 Å². The molecule has 0 bridgehead atoms. The first-order valence-electron chi connectivity index (χ1n) is 41.4. The van der Waals surface area contributed by atoms with Gasteiger partial charge in [-0.05, 0) is 43.4 Å². The lowest BCUT2D eigenvalue weighted by Crippen LogP contribution is -2.30. The fraction of sp³-hybridized carbons (Fsp3) is 0.950. The Hall–Kier alpha value is -1.94. The largest absolute Gasteiger partial charge is 0.472 e. The average molecular weight is 1450 g/mol. The Bertz CT molecular complexity index is 1920. The van der Waals surface area contributed by atoms with Gasteiger partial charge in [0.2, 0.25) is 0 Å². The number of carbonyl (C=O) groups excluding carboxylic acids is 4. The van der Waals surface area contributed by atoms with Crippen molar-refractivity contribution in [3.8, 4) is 0 Å². The Morgan fingerprint density at radius 3 is 0.768 bits per heavy atom. The van der Waals surface area contributed by atoms with Crippen molar-refractivity contribution < 1.29 is 80.2 Å². The summed E-state index contributed by atoms with van der Waals surface area (Å²) >= 11 is 0. The van der Waals surface area contributed by atoms with E-state index in [1.54, 1.807) is 0 Å². The molecular weight excluding hydrogens is 1290 g/mol. The molecular formula is C80H156O17P2. The Kier molecular flexibility index (Phi) is 69.0. The van der Waals surface area contributed by atoms with Gasteiger partial charge < -0.3 is 33.8 Å². The maximum atomic E-state index is 13.1. The molecule has 0 aromatic heterocycles. The summed E-state index contributed by atoms with van der Waals surface area (Å²) in [7, 11) is -9.90. The average Bonchev–Trinajstić information content (AvgIpc) is 0.954. The van der Waals surface area contributed by atoms with Gasteiger partial charge in [-0.15, -0.1) is 0 Å². The summed E-state index contributed by atoms with van der Waals surface area (Å²) in [6.07, 6.45) is 59.0. The highest BCUT2D eigenvalue weighted by Crippen LogP contribution is 2.45. The Labute approximate surface area is 607 Å². The van der Waals surface area contributed by atoms with Crippen LogP contribution < -0.4 is 0 Å². The van der Waals surface area contributed by atoms with E-state index in [1.165, 1.54) is 218 Å². The molecule has 0 heterocycles. The highest BCUT2D eigenvalue weighted by molar-refractivity contribution is 7.47. The molecule has 3 N–H and O–H groups in total. The number of ether oxygens (including phenoxy) is 4. The van der Waals surface area contributed by atoms with Crippen LogP contribution in [0.25, 0.3) is 0 Å². The molecule has 0 saturated heterocycles. The van der Waals surface area contributed by atoms with Gasteiger partial charge in [0.15, 0.2) is 12.2 Å².